The topological polar surface area (TPSA) is 29.0 Å². The van der Waals surface area contributed by atoms with Crippen LogP contribution in [0.4, 0.5) is 17.1 Å². The fourth-order valence-corrected chi connectivity index (χ4v) is 9.55. The van der Waals surface area contributed by atoms with Crippen LogP contribution in [0.1, 0.15) is 2.74 Å². The van der Waals surface area contributed by atoms with Crippen molar-refractivity contribution < 1.29 is 2.74 Å². The van der Waals surface area contributed by atoms with E-state index in [1.54, 1.807) is 22.7 Å². The van der Waals surface area contributed by atoms with Crippen LogP contribution in [0.5, 0.6) is 0 Å². The minimum Gasteiger partial charge on any atom is -0.310 e. The van der Waals surface area contributed by atoms with E-state index in [9.17, 15) is 2.74 Å². The molecule has 0 atom stereocenters. The summed E-state index contributed by atoms with van der Waals surface area (Å²) in [5.74, 6) is 0. The zero-order chi connectivity index (χ0) is 38.0. The highest BCUT2D eigenvalue weighted by Crippen LogP contribution is 2.41. The summed E-state index contributed by atoms with van der Waals surface area (Å²) in [6.45, 7) is 0. The number of anilines is 3. The predicted octanol–water partition coefficient (Wildman–Crippen LogP) is 14.8. The zero-order valence-electron chi connectivity index (χ0n) is 31.4. The first kappa shape index (κ1) is 29.8. The number of hydrogen-bond donors (Lipinski definition) is 0. The van der Waals surface area contributed by atoms with Gasteiger partial charge in [0.15, 0.2) is 0 Å². The van der Waals surface area contributed by atoms with Crippen LogP contribution in [0.2, 0.25) is 0 Å². The highest BCUT2D eigenvalue weighted by Gasteiger charge is 2.16. The fraction of sp³-hybridized carbons (Fsp3) is 0. The summed E-state index contributed by atoms with van der Waals surface area (Å²) in [5.41, 5.74) is 8.78. The molecule has 0 fully saturated rings. The number of para-hydroxylation sites is 2. The number of thiazole rings is 2. The third kappa shape index (κ3) is 5.64. The molecule has 2 aromatic heterocycles. The molecule has 5 heteroatoms. The number of fused-ring (bicyclic) bond motifs is 6. The van der Waals surface area contributed by atoms with Crippen molar-refractivity contribution in [2.45, 2.75) is 0 Å². The molecule has 0 saturated carbocycles. The molecule has 0 saturated heterocycles. The van der Waals surface area contributed by atoms with Gasteiger partial charge in [0.2, 0.25) is 0 Å². The molecule has 3 nitrogen and oxygen atoms in total. The largest absolute Gasteiger partial charge is 0.310 e. The molecular weight excluding hydrogens is 707 g/mol. The molecule has 11 aromatic rings. The molecule has 0 radical (unpaired) electrons. The van der Waals surface area contributed by atoms with Crippen molar-refractivity contribution in [2.24, 2.45) is 0 Å². The standard InChI is InChI=1S/C50H31N3S2/c1-2-9-41-32(8-1)23-29-44-42(10-7-11-43(41)44)37-17-16-36-31-40(28-22-35(36)30-37)53(38-24-18-33(19-25-38)49-51-45-12-3-5-14-47(45)54-49)39-26-20-34(21-27-39)50-52-46-13-4-6-15-48(46)55-50/h1-31H/i16D,22D. The van der Waals surface area contributed by atoms with Gasteiger partial charge in [0, 0.05) is 28.2 Å². The maximum absolute atomic E-state index is 9.42. The first-order chi connectivity index (χ1) is 28.0. The molecule has 2 heterocycles. The van der Waals surface area contributed by atoms with Crippen LogP contribution in [0, 0.1) is 0 Å². The van der Waals surface area contributed by atoms with E-state index in [2.05, 4.69) is 144 Å². The third-order valence-corrected chi connectivity index (χ3v) is 12.5. The maximum Gasteiger partial charge on any atom is 0.124 e. The van der Waals surface area contributed by atoms with Gasteiger partial charge in [-0.1, -0.05) is 97.0 Å². The second-order valence-electron chi connectivity index (χ2n) is 13.7. The fourth-order valence-electron chi connectivity index (χ4n) is 7.61. The lowest BCUT2D eigenvalue weighted by Gasteiger charge is -2.26. The molecule has 0 spiro atoms. The number of aromatic nitrogens is 2. The quantitative estimate of drug-likeness (QED) is 0.159. The Morgan fingerprint density at radius 3 is 1.65 bits per heavy atom. The first-order valence-corrected chi connectivity index (χ1v) is 19.9. The van der Waals surface area contributed by atoms with Crippen molar-refractivity contribution in [3.63, 3.8) is 0 Å². The molecule has 0 aliphatic rings. The molecule has 0 aliphatic carbocycles. The van der Waals surface area contributed by atoms with Gasteiger partial charge < -0.3 is 4.90 Å². The second-order valence-corrected chi connectivity index (χ2v) is 15.7. The average molecular weight is 740 g/mol. The minimum absolute atomic E-state index is 0.366. The monoisotopic (exact) mass is 739 g/mol. The highest BCUT2D eigenvalue weighted by molar-refractivity contribution is 7.22. The van der Waals surface area contributed by atoms with Crippen molar-refractivity contribution in [3.8, 4) is 32.3 Å². The van der Waals surface area contributed by atoms with E-state index in [4.69, 9.17) is 9.97 Å². The average Bonchev–Trinajstić information content (AvgIpc) is 3.90. The van der Waals surface area contributed by atoms with Crippen LogP contribution in [0.25, 0.3) is 85.0 Å². The lowest BCUT2D eigenvalue weighted by atomic mass is 9.93. The van der Waals surface area contributed by atoms with Crippen molar-refractivity contribution in [1.29, 1.82) is 0 Å². The van der Waals surface area contributed by atoms with Crippen LogP contribution in [-0.2, 0) is 0 Å². The summed E-state index contributed by atoms with van der Waals surface area (Å²) >= 11 is 3.38. The molecule has 0 bridgehead atoms. The lowest BCUT2D eigenvalue weighted by molar-refractivity contribution is 1.29. The molecule has 9 aromatic carbocycles. The van der Waals surface area contributed by atoms with E-state index >= 15 is 0 Å². The van der Waals surface area contributed by atoms with Gasteiger partial charge >= 0.3 is 0 Å². The Bertz CT molecular complexity index is 3150. The van der Waals surface area contributed by atoms with Crippen molar-refractivity contribution in [3.05, 3.63) is 188 Å². The minimum atomic E-state index is 0.366. The number of nitrogens with zero attached hydrogens (tertiary/aromatic N) is 3. The van der Waals surface area contributed by atoms with Crippen LogP contribution >= 0.6 is 22.7 Å². The predicted molar refractivity (Wildman–Crippen MR) is 236 cm³/mol. The van der Waals surface area contributed by atoms with E-state index in [-0.39, 0.29) is 0 Å². The van der Waals surface area contributed by atoms with E-state index in [1.807, 2.05) is 36.4 Å². The van der Waals surface area contributed by atoms with E-state index < -0.39 is 0 Å². The smallest absolute Gasteiger partial charge is 0.124 e. The Hall–Kier alpha value is -6.66. The van der Waals surface area contributed by atoms with Gasteiger partial charge in [-0.3, -0.25) is 0 Å². The zero-order valence-corrected chi connectivity index (χ0v) is 31.0. The van der Waals surface area contributed by atoms with E-state index in [1.165, 1.54) is 16.2 Å². The molecule has 0 amide bonds. The summed E-state index contributed by atoms with van der Waals surface area (Å²) in [7, 11) is 0. The van der Waals surface area contributed by atoms with Crippen molar-refractivity contribution >= 4 is 92.5 Å². The normalized spacial score (nSPS) is 12.1. The van der Waals surface area contributed by atoms with Crippen molar-refractivity contribution in [2.75, 3.05) is 4.90 Å². The Kier molecular flexibility index (Phi) is 7.05. The second kappa shape index (κ2) is 13.0. The summed E-state index contributed by atoms with van der Waals surface area (Å²) in [4.78, 5) is 12.0. The maximum atomic E-state index is 9.42. The summed E-state index contributed by atoms with van der Waals surface area (Å²) in [6, 6.07) is 61.3. The van der Waals surface area contributed by atoms with Crippen LogP contribution in [0.3, 0.4) is 0 Å². The number of rotatable bonds is 6. The molecule has 55 heavy (non-hydrogen) atoms. The van der Waals surface area contributed by atoms with Gasteiger partial charge in [0.05, 0.1) is 23.2 Å². The van der Waals surface area contributed by atoms with Gasteiger partial charge in [-0.15, -0.1) is 22.7 Å². The van der Waals surface area contributed by atoms with Gasteiger partial charge in [-0.25, -0.2) is 9.97 Å². The Labute approximate surface area is 328 Å². The molecule has 0 aliphatic heterocycles. The van der Waals surface area contributed by atoms with Crippen molar-refractivity contribution in [1.82, 2.24) is 9.97 Å². The molecule has 0 N–H and O–H groups in total. The Balaban J connectivity index is 1.02. The molecular formula is C50H31N3S2. The molecule has 258 valence electrons. The summed E-state index contributed by atoms with van der Waals surface area (Å²) in [6.07, 6.45) is 0. The molecule has 0 unspecified atom stereocenters. The highest BCUT2D eigenvalue weighted by atomic mass is 32.1. The van der Waals surface area contributed by atoms with E-state index in [0.29, 0.717) is 12.1 Å². The first-order valence-electron chi connectivity index (χ1n) is 19.2. The SMILES string of the molecule is [2H]c1cc(N(c2ccc(-c3nc4ccccc4s3)cc2)c2ccc(-c3nc4ccccc4s3)cc2)cc2c([2H])cc(-c3cccc4c3ccc3ccccc34)cc12. The summed E-state index contributed by atoms with van der Waals surface area (Å²) < 4.78 is 21.1. The van der Waals surface area contributed by atoms with Crippen LogP contribution in [0.15, 0.2) is 188 Å². The lowest BCUT2D eigenvalue weighted by Crippen LogP contribution is -2.09. The van der Waals surface area contributed by atoms with Crippen LogP contribution < -0.4 is 4.90 Å². The third-order valence-electron chi connectivity index (χ3n) is 10.3. The summed E-state index contributed by atoms with van der Waals surface area (Å²) in [5, 5.41) is 8.14. The molecule has 11 rings (SSSR count). The van der Waals surface area contributed by atoms with Crippen LogP contribution in [-0.4, -0.2) is 9.97 Å². The van der Waals surface area contributed by atoms with Gasteiger partial charge in [0.25, 0.3) is 0 Å². The number of hydrogen-bond acceptors (Lipinski definition) is 5. The van der Waals surface area contributed by atoms with Gasteiger partial charge in [-0.05, 0) is 134 Å². The van der Waals surface area contributed by atoms with E-state index in [0.717, 1.165) is 85.9 Å². The van der Waals surface area contributed by atoms with Gasteiger partial charge in [-0.2, -0.15) is 0 Å². The number of benzene rings is 9. The van der Waals surface area contributed by atoms with Gasteiger partial charge in [0.1, 0.15) is 10.0 Å². The Morgan fingerprint density at radius 1 is 0.400 bits per heavy atom. The Morgan fingerprint density at radius 2 is 0.982 bits per heavy atom.